The molecule has 0 bridgehead atoms. The lowest BCUT2D eigenvalue weighted by Gasteiger charge is -2.01. The number of aromatic nitrogens is 8. The lowest BCUT2D eigenvalue weighted by atomic mass is 10.3. The third-order valence-corrected chi connectivity index (χ3v) is 3.22. The molecule has 0 atom stereocenters. The van der Waals surface area contributed by atoms with E-state index in [0.717, 1.165) is 0 Å². The summed E-state index contributed by atoms with van der Waals surface area (Å²) in [6.07, 6.45) is 8.03. The molecule has 4 rings (SSSR count). The van der Waals surface area contributed by atoms with E-state index in [-0.39, 0.29) is 11.6 Å². The lowest BCUT2D eigenvalue weighted by Crippen LogP contribution is -2.17. The highest BCUT2D eigenvalue weighted by molar-refractivity contribution is 5.53. The van der Waals surface area contributed by atoms with Crippen molar-refractivity contribution < 1.29 is 0 Å². The summed E-state index contributed by atoms with van der Waals surface area (Å²) < 4.78 is 1.46. The Labute approximate surface area is 143 Å². The smallest absolute Gasteiger partial charge is 0.268 e. The minimum Gasteiger partial charge on any atom is -0.268 e. The van der Waals surface area contributed by atoms with Gasteiger partial charge in [0.1, 0.15) is 17.5 Å². The van der Waals surface area contributed by atoms with Gasteiger partial charge in [0, 0.05) is 24.8 Å². The minimum absolute atomic E-state index is 0.0948. The van der Waals surface area contributed by atoms with Crippen molar-refractivity contribution in [1.29, 1.82) is 0 Å². The first-order valence-corrected chi connectivity index (χ1v) is 7.63. The molecule has 0 saturated heterocycles. The Bertz CT molecular complexity index is 983. The van der Waals surface area contributed by atoms with Gasteiger partial charge in [-0.2, -0.15) is 4.80 Å². The normalized spacial score (nSPS) is 10.5. The van der Waals surface area contributed by atoms with E-state index in [1.54, 1.807) is 36.8 Å². The number of fused-ring (bicyclic) bond motifs is 1. The van der Waals surface area contributed by atoms with Crippen LogP contribution in [-0.4, -0.2) is 39.6 Å². The van der Waals surface area contributed by atoms with Crippen molar-refractivity contribution in [2.75, 3.05) is 0 Å². The highest BCUT2D eigenvalue weighted by atomic mass is 16.1. The van der Waals surface area contributed by atoms with Crippen molar-refractivity contribution in [2.45, 2.75) is 19.9 Å². The molecule has 0 aliphatic rings. The summed E-state index contributed by atoms with van der Waals surface area (Å²) >= 11 is 0. The molecule has 0 aromatic carbocycles. The summed E-state index contributed by atoms with van der Waals surface area (Å²) in [5.74, 6) is 0.296. The van der Waals surface area contributed by atoms with Gasteiger partial charge in [0.2, 0.25) is 5.82 Å². The molecule has 0 fully saturated rings. The molecule has 0 amide bonds. The Morgan fingerprint density at radius 1 is 1.08 bits per heavy atom. The zero-order valence-corrected chi connectivity index (χ0v) is 13.8. The van der Waals surface area contributed by atoms with Crippen molar-refractivity contribution in [2.24, 2.45) is 0 Å². The van der Waals surface area contributed by atoms with Gasteiger partial charge in [0.05, 0.1) is 6.04 Å². The van der Waals surface area contributed by atoms with Crippen LogP contribution in [0.25, 0.3) is 17.0 Å². The fraction of sp³-hybridized carbons (Fsp3) is 0.188. The summed E-state index contributed by atoms with van der Waals surface area (Å²) in [5.41, 5.74) is 0.733. The van der Waals surface area contributed by atoms with Crippen LogP contribution in [0.1, 0.15) is 19.9 Å². The summed E-state index contributed by atoms with van der Waals surface area (Å²) in [7, 11) is 0. The zero-order chi connectivity index (χ0) is 17.6. The van der Waals surface area contributed by atoms with Crippen LogP contribution in [-0.2, 0) is 0 Å². The van der Waals surface area contributed by atoms with Crippen molar-refractivity contribution >= 4 is 5.65 Å². The third-order valence-electron chi connectivity index (χ3n) is 3.22. The summed E-state index contributed by atoms with van der Waals surface area (Å²) in [5, 5.41) is 12.0. The Balaban J connectivity index is 0.000000258. The number of hydrogen-bond donors (Lipinski definition) is 0. The standard InChI is InChI=1S/C12H12N6O.C4H4N2/c1-8(2)18-15-11(14-16-18)9-7-13-10-5-3-4-6-17(10)12(9)19;1-2-5-4-6-3-1/h3-8H,1-2H3;1-4H. The van der Waals surface area contributed by atoms with Crippen molar-refractivity contribution in [3.63, 3.8) is 0 Å². The highest BCUT2D eigenvalue weighted by Gasteiger charge is 2.13. The Morgan fingerprint density at radius 2 is 1.88 bits per heavy atom. The van der Waals surface area contributed by atoms with Crippen molar-refractivity contribution in [3.8, 4) is 11.4 Å². The monoisotopic (exact) mass is 336 g/mol. The van der Waals surface area contributed by atoms with Crippen molar-refractivity contribution in [1.82, 2.24) is 39.6 Å². The van der Waals surface area contributed by atoms with E-state index >= 15 is 0 Å². The van der Waals surface area contributed by atoms with Crippen LogP contribution < -0.4 is 5.56 Å². The topological polar surface area (TPSA) is 104 Å². The van der Waals surface area contributed by atoms with Gasteiger partial charge in [-0.05, 0) is 37.3 Å². The van der Waals surface area contributed by atoms with Gasteiger partial charge in [-0.15, -0.1) is 10.2 Å². The molecule has 4 aromatic heterocycles. The molecule has 0 N–H and O–H groups in total. The van der Waals surface area contributed by atoms with Gasteiger partial charge >= 0.3 is 0 Å². The van der Waals surface area contributed by atoms with Crippen LogP contribution in [0.4, 0.5) is 0 Å². The third kappa shape index (κ3) is 3.71. The van der Waals surface area contributed by atoms with E-state index < -0.39 is 0 Å². The van der Waals surface area contributed by atoms with E-state index in [4.69, 9.17) is 0 Å². The maximum atomic E-state index is 12.3. The van der Waals surface area contributed by atoms with E-state index in [0.29, 0.717) is 17.0 Å². The number of nitrogens with zero attached hydrogens (tertiary/aromatic N) is 8. The Morgan fingerprint density at radius 3 is 2.48 bits per heavy atom. The minimum atomic E-state index is -0.200. The molecule has 9 nitrogen and oxygen atoms in total. The first-order chi connectivity index (χ1) is 12.2. The average molecular weight is 336 g/mol. The van der Waals surface area contributed by atoms with Gasteiger partial charge in [0.15, 0.2) is 0 Å². The molecule has 4 heterocycles. The molecule has 0 saturated carbocycles. The van der Waals surface area contributed by atoms with Gasteiger partial charge in [0.25, 0.3) is 5.56 Å². The van der Waals surface area contributed by atoms with Crippen LogP contribution in [0.5, 0.6) is 0 Å². The first kappa shape index (κ1) is 16.4. The van der Waals surface area contributed by atoms with Crippen LogP contribution >= 0.6 is 0 Å². The van der Waals surface area contributed by atoms with Crippen LogP contribution in [0, 0.1) is 0 Å². The van der Waals surface area contributed by atoms with Gasteiger partial charge < -0.3 is 0 Å². The van der Waals surface area contributed by atoms with E-state index in [9.17, 15) is 4.79 Å². The van der Waals surface area contributed by atoms with Gasteiger partial charge in [-0.3, -0.25) is 9.20 Å². The number of hydrogen-bond acceptors (Lipinski definition) is 7. The van der Waals surface area contributed by atoms with Crippen LogP contribution in [0.15, 0.2) is 60.2 Å². The molecule has 0 aliphatic heterocycles. The van der Waals surface area contributed by atoms with E-state index in [2.05, 4.69) is 30.4 Å². The Kier molecular flexibility index (Phi) is 4.84. The van der Waals surface area contributed by atoms with E-state index in [1.807, 2.05) is 19.9 Å². The molecule has 0 radical (unpaired) electrons. The second kappa shape index (κ2) is 7.39. The first-order valence-electron chi connectivity index (χ1n) is 7.63. The molecule has 0 aliphatic carbocycles. The molecule has 25 heavy (non-hydrogen) atoms. The number of pyridine rings is 1. The molecule has 9 heteroatoms. The van der Waals surface area contributed by atoms with Crippen LogP contribution in [0.2, 0.25) is 0 Å². The van der Waals surface area contributed by atoms with E-state index in [1.165, 1.54) is 21.7 Å². The SMILES string of the molecule is CC(C)n1nnc(-c2cnc3ccccn3c2=O)n1.c1cncnc1. The number of tetrazole rings is 1. The largest absolute Gasteiger partial charge is 0.269 e. The predicted molar refractivity (Wildman–Crippen MR) is 90.7 cm³/mol. The lowest BCUT2D eigenvalue weighted by molar-refractivity contribution is 0.455. The quantitative estimate of drug-likeness (QED) is 0.545. The second-order valence-electron chi connectivity index (χ2n) is 5.34. The number of rotatable bonds is 2. The molecule has 126 valence electrons. The molecule has 0 unspecified atom stereocenters. The van der Waals surface area contributed by atoms with Gasteiger partial charge in [-0.1, -0.05) is 6.07 Å². The van der Waals surface area contributed by atoms with Crippen molar-refractivity contribution in [3.05, 3.63) is 65.7 Å². The molecule has 4 aromatic rings. The average Bonchev–Trinajstić information content (AvgIpc) is 3.14. The fourth-order valence-electron chi connectivity index (χ4n) is 1.99. The van der Waals surface area contributed by atoms with Gasteiger partial charge in [-0.25, -0.2) is 15.0 Å². The summed E-state index contributed by atoms with van der Waals surface area (Å²) in [6.45, 7) is 3.88. The zero-order valence-electron chi connectivity index (χ0n) is 13.8. The molecule has 0 spiro atoms. The maximum Gasteiger partial charge on any atom is 0.269 e. The predicted octanol–water partition coefficient (Wildman–Crippen LogP) is 1.41. The maximum absolute atomic E-state index is 12.3. The highest BCUT2D eigenvalue weighted by Crippen LogP contribution is 2.09. The Hall–Kier alpha value is -3.49. The van der Waals surface area contributed by atoms with Crippen LogP contribution in [0.3, 0.4) is 0 Å². The molecular weight excluding hydrogens is 320 g/mol. The molecular formula is C16H16N8O. The fourth-order valence-corrected chi connectivity index (χ4v) is 1.99. The summed E-state index contributed by atoms with van der Waals surface area (Å²) in [4.78, 5) is 25.3. The second-order valence-corrected chi connectivity index (χ2v) is 5.34. The summed E-state index contributed by atoms with van der Waals surface area (Å²) in [6, 6.07) is 7.24.